The molecule has 0 bridgehead atoms. The van der Waals surface area contributed by atoms with E-state index in [1.54, 1.807) is 24.3 Å². The van der Waals surface area contributed by atoms with Crippen LogP contribution in [0.2, 0.25) is 0 Å². The topological polar surface area (TPSA) is 34.1 Å². The van der Waals surface area contributed by atoms with Crippen LogP contribution in [0.15, 0.2) is 59.5 Å². The normalized spacial score (nSPS) is 18.8. The third-order valence-corrected chi connectivity index (χ3v) is 5.93. The van der Waals surface area contributed by atoms with E-state index in [2.05, 4.69) is 0 Å². The molecule has 2 aromatic rings. The standard InChI is InChI=1S/C16H16O2S/c17-19(18,14-9-2-1-3-10-14)16-12-6-8-13-7-4-5-11-15(13)16/h1-5,7,9-11,16H,6,8,12H2. The Balaban J connectivity index is 2.09. The van der Waals surface area contributed by atoms with E-state index in [9.17, 15) is 8.42 Å². The minimum atomic E-state index is -3.28. The maximum Gasteiger partial charge on any atom is 0.185 e. The summed E-state index contributed by atoms with van der Waals surface area (Å²) in [6, 6.07) is 16.7. The number of rotatable bonds is 2. The SMILES string of the molecule is O=S(=O)(c1ccccc1)C1CCCc2ccccc21. The van der Waals surface area contributed by atoms with E-state index in [4.69, 9.17) is 0 Å². The summed E-state index contributed by atoms with van der Waals surface area (Å²) in [5.74, 6) is 0. The zero-order valence-corrected chi connectivity index (χ0v) is 11.4. The van der Waals surface area contributed by atoms with Gasteiger partial charge in [0.25, 0.3) is 0 Å². The first-order valence-corrected chi connectivity index (χ1v) is 8.11. The molecule has 0 N–H and O–H groups in total. The molecule has 1 aliphatic carbocycles. The third-order valence-electron chi connectivity index (χ3n) is 3.76. The number of benzene rings is 2. The first kappa shape index (κ1) is 12.4. The number of hydrogen-bond acceptors (Lipinski definition) is 2. The van der Waals surface area contributed by atoms with Crippen LogP contribution in [0.5, 0.6) is 0 Å². The van der Waals surface area contributed by atoms with Crippen molar-refractivity contribution in [3.8, 4) is 0 Å². The molecule has 2 nitrogen and oxygen atoms in total. The van der Waals surface area contributed by atoms with Crippen LogP contribution in [-0.2, 0) is 16.3 Å². The van der Waals surface area contributed by atoms with Crippen molar-refractivity contribution in [3.05, 3.63) is 65.7 Å². The average molecular weight is 272 g/mol. The van der Waals surface area contributed by atoms with Crippen LogP contribution in [0.1, 0.15) is 29.2 Å². The maximum atomic E-state index is 12.7. The van der Waals surface area contributed by atoms with Gasteiger partial charge in [0.15, 0.2) is 9.84 Å². The Labute approximate surface area is 114 Å². The van der Waals surface area contributed by atoms with Crippen molar-refractivity contribution >= 4 is 9.84 Å². The Morgan fingerprint density at radius 1 is 0.895 bits per heavy atom. The highest BCUT2D eigenvalue weighted by Gasteiger charge is 2.32. The van der Waals surface area contributed by atoms with E-state index >= 15 is 0 Å². The van der Waals surface area contributed by atoms with Crippen LogP contribution >= 0.6 is 0 Å². The maximum absolute atomic E-state index is 12.7. The zero-order chi connectivity index (χ0) is 13.3. The predicted octanol–water partition coefficient (Wildman–Crippen LogP) is 3.54. The molecule has 1 atom stereocenters. The summed E-state index contributed by atoms with van der Waals surface area (Å²) in [5.41, 5.74) is 2.16. The fourth-order valence-electron chi connectivity index (χ4n) is 2.81. The lowest BCUT2D eigenvalue weighted by Gasteiger charge is -2.25. The summed E-state index contributed by atoms with van der Waals surface area (Å²) in [6.07, 6.45) is 2.64. The largest absolute Gasteiger partial charge is 0.223 e. The minimum Gasteiger partial charge on any atom is -0.223 e. The summed E-state index contributed by atoms with van der Waals surface area (Å²) in [5, 5.41) is -0.389. The lowest BCUT2D eigenvalue weighted by Crippen LogP contribution is -2.19. The number of sulfone groups is 1. The van der Waals surface area contributed by atoms with Crippen LogP contribution in [-0.4, -0.2) is 8.42 Å². The molecule has 3 rings (SSSR count). The Hall–Kier alpha value is -1.61. The van der Waals surface area contributed by atoms with Crippen molar-refractivity contribution < 1.29 is 8.42 Å². The molecule has 0 aromatic heterocycles. The van der Waals surface area contributed by atoms with E-state index in [1.165, 1.54) is 5.56 Å². The molecule has 0 spiro atoms. The molecule has 0 saturated carbocycles. The molecule has 2 aromatic carbocycles. The van der Waals surface area contributed by atoms with Gasteiger partial charge in [-0.15, -0.1) is 0 Å². The average Bonchev–Trinajstić information content (AvgIpc) is 2.47. The highest BCUT2D eigenvalue weighted by Crippen LogP contribution is 2.38. The monoisotopic (exact) mass is 272 g/mol. The molecular weight excluding hydrogens is 256 g/mol. The van der Waals surface area contributed by atoms with Crippen LogP contribution in [0, 0.1) is 0 Å². The molecule has 1 unspecified atom stereocenters. The van der Waals surface area contributed by atoms with Crippen LogP contribution in [0.3, 0.4) is 0 Å². The van der Waals surface area contributed by atoms with E-state index in [0.717, 1.165) is 18.4 Å². The van der Waals surface area contributed by atoms with Gasteiger partial charge in [0, 0.05) is 0 Å². The summed E-state index contributed by atoms with van der Waals surface area (Å²) < 4.78 is 25.5. The quantitative estimate of drug-likeness (QED) is 0.838. The van der Waals surface area contributed by atoms with Crippen molar-refractivity contribution in [2.75, 3.05) is 0 Å². The first-order valence-electron chi connectivity index (χ1n) is 6.56. The molecule has 0 heterocycles. The van der Waals surface area contributed by atoms with Crippen LogP contribution in [0.4, 0.5) is 0 Å². The first-order chi connectivity index (χ1) is 9.19. The van der Waals surface area contributed by atoms with Crippen LogP contribution in [0.25, 0.3) is 0 Å². The number of hydrogen-bond donors (Lipinski definition) is 0. The Morgan fingerprint density at radius 2 is 1.58 bits per heavy atom. The summed E-state index contributed by atoms with van der Waals surface area (Å²) in [6.45, 7) is 0. The van der Waals surface area contributed by atoms with Crippen LogP contribution < -0.4 is 0 Å². The van der Waals surface area contributed by atoms with Gasteiger partial charge in [-0.1, -0.05) is 42.5 Å². The molecule has 0 aliphatic heterocycles. The summed E-state index contributed by atoms with van der Waals surface area (Å²) in [4.78, 5) is 0.428. The Bertz CT molecular complexity index is 675. The molecule has 98 valence electrons. The Morgan fingerprint density at radius 3 is 2.37 bits per heavy atom. The second kappa shape index (κ2) is 4.82. The van der Waals surface area contributed by atoms with E-state index in [1.807, 2.05) is 30.3 Å². The van der Waals surface area contributed by atoms with Gasteiger partial charge in [-0.05, 0) is 42.5 Å². The summed E-state index contributed by atoms with van der Waals surface area (Å²) >= 11 is 0. The molecule has 19 heavy (non-hydrogen) atoms. The number of fused-ring (bicyclic) bond motifs is 1. The second-order valence-electron chi connectivity index (χ2n) is 4.94. The smallest absolute Gasteiger partial charge is 0.185 e. The molecule has 1 aliphatic rings. The molecule has 0 fully saturated rings. The minimum absolute atomic E-state index is 0.389. The predicted molar refractivity (Wildman–Crippen MR) is 75.7 cm³/mol. The Kier molecular flexibility index (Phi) is 3.15. The van der Waals surface area contributed by atoms with Gasteiger partial charge in [-0.3, -0.25) is 0 Å². The fourth-order valence-corrected chi connectivity index (χ4v) is 4.71. The van der Waals surface area contributed by atoms with E-state index in [0.29, 0.717) is 11.3 Å². The van der Waals surface area contributed by atoms with Gasteiger partial charge in [-0.25, -0.2) is 8.42 Å². The van der Waals surface area contributed by atoms with Crippen molar-refractivity contribution in [2.45, 2.75) is 29.4 Å². The zero-order valence-electron chi connectivity index (χ0n) is 10.6. The van der Waals surface area contributed by atoms with Gasteiger partial charge in [0.05, 0.1) is 10.1 Å². The van der Waals surface area contributed by atoms with Crippen molar-refractivity contribution in [2.24, 2.45) is 0 Å². The lowest BCUT2D eigenvalue weighted by molar-refractivity contribution is 0.560. The number of aryl methyl sites for hydroxylation is 1. The van der Waals surface area contributed by atoms with Gasteiger partial charge in [0.2, 0.25) is 0 Å². The molecule has 3 heteroatoms. The third kappa shape index (κ3) is 2.19. The fraction of sp³-hybridized carbons (Fsp3) is 0.250. The molecule has 0 saturated heterocycles. The molecular formula is C16H16O2S. The lowest BCUT2D eigenvalue weighted by atomic mass is 9.91. The van der Waals surface area contributed by atoms with Crippen molar-refractivity contribution in [1.29, 1.82) is 0 Å². The highest BCUT2D eigenvalue weighted by molar-refractivity contribution is 7.91. The molecule has 0 amide bonds. The highest BCUT2D eigenvalue weighted by atomic mass is 32.2. The van der Waals surface area contributed by atoms with Gasteiger partial charge < -0.3 is 0 Å². The summed E-state index contributed by atoms with van der Waals surface area (Å²) in [7, 11) is -3.28. The van der Waals surface area contributed by atoms with E-state index < -0.39 is 9.84 Å². The van der Waals surface area contributed by atoms with Crippen molar-refractivity contribution in [1.82, 2.24) is 0 Å². The molecule has 0 radical (unpaired) electrons. The van der Waals surface area contributed by atoms with E-state index in [-0.39, 0.29) is 5.25 Å². The second-order valence-corrected chi connectivity index (χ2v) is 7.07. The van der Waals surface area contributed by atoms with Gasteiger partial charge in [0.1, 0.15) is 0 Å². The van der Waals surface area contributed by atoms with Gasteiger partial charge in [-0.2, -0.15) is 0 Å². The van der Waals surface area contributed by atoms with Crippen molar-refractivity contribution in [3.63, 3.8) is 0 Å². The van der Waals surface area contributed by atoms with Gasteiger partial charge >= 0.3 is 0 Å².